The van der Waals surface area contributed by atoms with Crippen molar-refractivity contribution in [1.82, 2.24) is 20.4 Å². The maximum absolute atomic E-state index is 12.7. The predicted molar refractivity (Wildman–Crippen MR) is 122 cm³/mol. The molecule has 0 saturated carbocycles. The Kier molecular flexibility index (Phi) is 7.50. The Balaban J connectivity index is 1.64. The third-order valence-electron chi connectivity index (χ3n) is 4.66. The number of rotatable bonds is 8. The smallest absolute Gasteiger partial charge is 0.256 e. The lowest BCUT2D eigenvalue weighted by atomic mass is 10.1. The van der Waals surface area contributed by atoms with Gasteiger partial charge in [-0.25, -0.2) is 4.68 Å². The van der Waals surface area contributed by atoms with E-state index in [0.29, 0.717) is 28.4 Å². The van der Waals surface area contributed by atoms with E-state index in [0.717, 1.165) is 11.1 Å². The summed E-state index contributed by atoms with van der Waals surface area (Å²) in [4.78, 5) is 35.4. The molecule has 0 radical (unpaired) electrons. The minimum Gasteiger partial charge on any atom is -0.368 e. The number of nitrogens with zero attached hydrogens (tertiary/aromatic N) is 2. The number of hydrogen-bond donors (Lipinski definition) is 3. The molecule has 2 aromatic carbocycles. The number of halogens is 2. The molecule has 0 atom stereocenters. The van der Waals surface area contributed by atoms with Crippen LogP contribution in [0.2, 0.25) is 10.2 Å². The minimum atomic E-state index is -0.623. The average Bonchev–Trinajstić information content (AvgIpc) is 3.05. The molecular formula is C22H21Cl2N5O3. The number of aryl methyl sites for hydroxylation is 1. The van der Waals surface area contributed by atoms with Crippen LogP contribution in [0.5, 0.6) is 0 Å². The first-order valence-corrected chi connectivity index (χ1v) is 10.4. The third kappa shape index (κ3) is 5.66. The van der Waals surface area contributed by atoms with E-state index < -0.39 is 11.8 Å². The van der Waals surface area contributed by atoms with E-state index in [1.165, 1.54) is 4.68 Å². The fourth-order valence-electron chi connectivity index (χ4n) is 3.02. The molecule has 0 aliphatic rings. The normalized spacial score (nSPS) is 10.6. The quantitative estimate of drug-likeness (QED) is 0.465. The first-order chi connectivity index (χ1) is 15.3. The summed E-state index contributed by atoms with van der Waals surface area (Å²) in [6, 6.07) is 13.9. The molecule has 3 amide bonds. The number of carbonyl (C=O) groups is 3. The van der Waals surface area contributed by atoms with Gasteiger partial charge in [0.1, 0.15) is 5.15 Å². The summed E-state index contributed by atoms with van der Waals surface area (Å²) < 4.78 is 1.53. The lowest BCUT2D eigenvalue weighted by Crippen LogP contribution is -2.33. The number of nitrogens with one attached hydrogen (secondary N) is 2. The van der Waals surface area contributed by atoms with Gasteiger partial charge in [-0.2, -0.15) is 5.10 Å². The molecule has 0 spiro atoms. The van der Waals surface area contributed by atoms with Gasteiger partial charge in [0.2, 0.25) is 5.91 Å². The van der Waals surface area contributed by atoms with Crippen LogP contribution >= 0.6 is 23.2 Å². The Bertz CT molecular complexity index is 1160. The van der Waals surface area contributed by atoms with E-state index >= 15 is 0 Å². The molecule has 32 heavy (non-hydrogen) atoms. The number of primary amides is 1. The molecule has 3 rings (SSSR count). The highest BCUT2D eigenvalue weighted by Crippen LogP contribution is 2.23. The molecule has 0 unspecified atom stereocenters. The maximum Gasteiger partial charge on any atom is 0.256 e. The molecule has 0 aliphatic carbocycles. The number of aromatic nitrogens is 2. The van der Waals surface area contributed by atoms with Crippen molar-refractivity contribution in [3.63, 3.8) is 0 Å². The minimum absolute atomic E-state index is 0.224. The van der Waals surface area contributed by atoms with Crippen LogP contribution in [0, 0.1) is 6.92 Å². The van der Waals surface area contributed by atoms with Gasteiger partial charge < -0.3 is 16.4 Å². The van der Waals surface area contributed by atoms with Gasteiger partial charge in [0.25, 0.3) is 11.8 Å². The van der Waals surface area contributed by atoms with Gasteiger partial charge in [-0.1, -0.05) is 53.5 Å². The van der Waals surface area contributed by atoms with Crippen molar-refractivity contribution < 1.29 is 14.4 Å². The van der Waals surface area contributed by atoms with Gasteiger partial charge in [-0.3, -0.25) is 14.4 Å². The first-order valence-electron chi connectivity index (χ1n) is 9.66. The van der Waals surface area contributed by atoms with E-state index in [4.69, 9.17) is 28.9 Å². The molecule has 10 heteroatoms. The van der Waals surface area contributed by atoms with Gasteiger partial charge >= 0.3 is 0 Å². The summed E-state index contributed by atoms with van der Waals surface area (Å²) in [7, 11) is 0. The van der Waals surface area contributed by atoms with Crippen molar-refractivity contribution in [1.29, 1.82) is 0 Å². The topological polar surface area (TPSA) is 119 Å². The Morgan fingerprint density at radius 1 is 1.00 bits per heavy atom. The van der Waals surface area contributed by atoms with Gasteiger partial charge in [-0.05, 0) is 36.2 Å². The van der Waals surface area contributed by atoms with Crippen molar-refractivity contribution >= 4 is 40.9 Å². The molecule has 0 fully saturated rings. The van der Waals surface area contributed by atoms with Crippen molar-refractivity contribution in [2.24, 2.45) is 5.73 Å². The molecule has 0 saturated heterocycles. The Morgan fingerprint density at radius 2 is 1.69 bits per heavy atom. The van der Waals surface area contributed by atoms with E-state index in [2.05, 4.69) is 15.7 Å². The summed E-state index contributed by atoms with van der Waals surface area (Å²) in [5.74, 6) is -1.39. The second kappa shape index (κ2) is 10.3. The monoisotopic (exact) mass is 473 g/mol. The van der Waals surface area contributed by atoms with Crippen LogP contribution < -0.4 is 16.4 Å². The maximum atomic E-state index is 12.7. The van der Waals surface area contributed by atoms with Gasteiger partial charge in [0.15, 0.2) is 0 Å². The standard InChI is InChI=1S/C22H21Cl2N5O3/c1-13-19(20(24)29(28-13)12-16-4-2-3-5-17(16)23)22(32)26-10-14-6-8-15(9-7-14)21(31)27-11-18(25)30/h2-9H,10-12H2,1H3,(H2,25,30)(H,26,32)(H,27,31). The van der Waals surface area contributed by atoms with Crippen LogP contribution in [0.15, 0.2) is 48.5 Å². The Labute approximate surface area is 194 Å². The second-order valence-corrected chi connectivity index (χ2v) is 7.79. The van der Waals surface area contributed by atoms with Crippen LogP contribution in [0.3, 0.4) is 0 Å². The molecular weight excluding hydrogens is 453 g/mol. The molecule has 1 heterocycles. The highest BCUT2D eigenvalue weighted by Gasteiger charge is 2.20. The van der Waals surface area contributed by atoms with Crippen molar-refractivity contribution in [3.8, 4) is 0 Å². The molecule has 166 valence electrons. The summed E-state index contributed by atoms with van der Waals surface area (Å²) >= 11 is 12.6. The summed E-state index contributed by atoms with van der Waals surface area (Å²) in [5, 5.41) is 10.4. The van der Waals surface area contributed by atoms with E-state index in [1.54, 1.807) is 37.3 Å². The van der Waals surface area contributed by atoms with Crippen LogP contribution in [-0.4, -0.2) is 34.0 Å². The van der Waals surface area contributed by atoms with E-state index in [-0.39, 0.29) is 24.1 Å². The molecule has 0 bridgehead atoms. The van der Waals surface area contributed by atoms with Gasteiger partial charge in [0, 0.05) is 17.1 Å². The molecule has 0 aliphatic heterocycles. The van der Waals surface area contributed by atoms with Crippen LogP contribution in [-0.2, 0) is 17.9 Å². The second-order valence-electron chi connectivity index (χ2n) is 7.03. The Morgan fingerprint density at radius 3 is 2.34 bits per heavy atom. The van der Waals surface area contributed by atoms with Crippen LogP contribution in [0.4, 0.5) is 0 Å². The van der Waals surface area contributed by atoms with Gasteiger partial charge in [0.05, 0.1) is 24.3 Å². The molecule has 3 aromatic rings. The van der Waals surface area contributed by atoms with Crippen LogP contribution in [0.1, 0.15) is 37.5 Å². The molecule has 4 N–H and O–H groups in total. The number of amides is 3. The lowest BCUT2D eigenvalue weighted by molar-refractivity contribution is -0.117. The highest BCUT2D eigenvalue weighted by atomic mass is 35.5. The predicted octanol–water partition coefficient (Wildman–Crippen LogP) is 2.69. The van der Waals surface area contributed by atoms with Crippen molar-refractivity contribution in [2.75, 3.05) is 6.54 Å². The fourth-order valence-corrected chi connectivity index (χ4v) is 3.53. The van der Waals surface area contributed by atoms with E-state index in [9.17, 15) is 14.4 Å². The van der Waals surface area contributed by atoms with E-state index in [1.807, 2.05) is 18.2 Å². The Hall–Kier alpha value is -3.36. The fraction of sp³-hybridized carbons (Fsp3) is 0.182. The van der Waals surface area contributed by atoms with Crippen LogP contribution in [0.25, 0.3) is 0 Å². The van der Waals surface area contributed by atoms with Crippen molar-refractivity contribution in [2.45, 2.75) is 20.0 Å². The van der Waals surface area contributed by atoms with Crippen molar-refractivity contribution in [3.05, 3.63) is 86.7 Å². The SMILES string of the molecule is Cc1nn(Cc2ccccc2Cl)c(Cl)c1C(=O)NCc1ccc(C(=O)NCC(N)=O)cc1. The number of nitrogens with two attached hydrogens (primary N) is 1. The molecule has 8 nitrogen and oxygen atoms in total. The lowest BCUT2D eigenvalue weighted by Gasteiger charge is -2.08. The zero-order chi connectivity index (χ0) is 23.3. The zero-order valence-corrected chi connectivity index (χ0v) is 18.7. The summed E-state index contributed by atoms with van der Waals surface area (Å²) in [6.07, 6.45) is 0. The number of carbonyl (C=O) groups excluding carboxylic acids is 3. The first kappa shape index (κ1) is 23.3. The number of benzene rings is 2. The highest BCUT2D eigenvalue weighted by molar-refractivity contribution is 6.33. The average molecular weight is 474 g/mol. The zero-order valence-electron chi connectivity index (χ0n) is 17.2. The summed E-state index contributed by atoms with van der Waals surface area (Å²) in [6.45, 7) is 2.05. The number of hydrogen-bond acceptors (Lipinski definition) is 4. The van der Waals surface area contributed by atoms with Gasteiger partial charge in [-0.15, -0.1) is 0 Å². The summed E-state index contributed by atoms with van der Waals surface area (Å²) in [5.41, 5.74) is 7.80. The third-order valence-corrected chi connectivity index (χ3v) is 5.42. The molecule has 1 aromatic heterocycles. The largest absolute Gasteiger partial charge is 0.368 e.